The van der Waals surface area contributed by atoms with E-state index in [4.69, 9.17) is 17.2 Å². The molecule has 12 heavy (non-hydrogen) atoms. The molecule has 0 aromatic carbocycles. The summed E-state index contributed by atoms with van der Waals surface area (Å²) >= 11 is 0. The molecule has 0 amide bonds. The Morgan fingerprint density at radius 1 is 1.25 bits per heavy atom. The van der Waals surface area contributed by atoms with Gasteiger partial charge in [-0.15, -0.1) is 10.2 Å². The molecule has 0 bridgehead atoms. The fourth-order valence-electron chi connectivity index (χ4n) is 0.655. The highest BCUT2D eigenvalue weighted by atomic mass is 15.3. The molecule has 0 spiro atoms. The van der Waals surface area contributed by atoms with Gasteiger partial charge in [0.1, 0.15) is 0 Å². The predicted molar refractivity (Wildman–Crippen MR) is 47.3 cm³/mol. The molecule has 64 valence electrons. The normalized spacial score (nSPS) is 11.2. The summed E-state index contributed by atoms with van der Waals surface area (Å²) in [6.45, 7) is 0. The molecule has 0 radical (unpaired) electrons. The zero-order chi connectivity index (χ0) is 8.97. The molecule has 7 N–H and O–H groups in total. The van der Waals surface area contributed by atoms with Gasteiger partial charge in [-0.2, -0.15) is 0 Å². The molecular weight excluding hydrogens is 156 g/mol. The van der Waals surface area contributed by atoms with Gasteiger partial charge in [0.2, 0.25) is 5.96 Å². The van der Waals surface area contributed by atoms with E-state index < -0.39 is 0 Å². The van der Waals surface area contributed by atoms with Crippen LogP contribution in [-0.4, -0.2) is 16.8 Å². The van der Waals surface area contributed by atoms with E-state index >= 15 is 0 Å². The van der Waals surface area contributed by atoms with E-state index in [0.29, 0.717) is 5.69 Å². The smallest absolute Gasteiger partial charge is 0.211 e. The lowest BCUT2D eigenvalue weighted by Gasteiger charge is -1.92. The molecule has 0 aliphatic heterocycles. The second kappa shape index (κ2) is 3.42. The van der Waals surface area contributed by atoms with E-state index in [0.717, 1.165) is 0 Å². The molecule has 0 saturated carbocycles. The minimum absolute atomic E-state index is 0.121. The fraction of sp³-hybridized carbons (Fsp3) is 0. The largest absolute Gasteiger partial charge is 0.380 e. The molecule has 6 nitrogen and oxygen atoms in total. The summed E-state index contributed by atoms with van der Waals surface area (Å²) in [5.41, 5.74) is 16.3. The highest BCUT2D eigenvalue weighted by Gasteiger charge is 1.95. The molecule has 0 fully saturated rings. The summed E-state index contributed by atoms with van der Waals surface area (Å²) in [4.78, 5) is 2.85. The summed E-state index contributed by atoms with van der Waals surface area (Å²) in [5, 5.41) is 6.96. The van der Waals surface area contributed by atoms with Crippen molar-refractivity contribution < 1.29 is 0 Å². The van der Waals surface area contributed by atoms with Crippen molar-refractivity contribution in [3.8, 4) is 0 Å². The second-order valence-corrected chi connectivity index (χ2v) is 2.09. The third kappa shape index (κ3) is 2.01. The van der Waals surface area contributed by atoms with Gasteiger partial charge >= 0.3 is 0 Å². The number of aromatic amines is 1. The first kappa shape index (κ1) is 8.12. The Balaban J connectivity index is 2.78. The summed E-state index contributed by atoms with van der Waals surface area (Å²) in [6, 6.07) is 3.56. The van der Waals surface area contributed by atoms with Crippen molar-refractivity contribution >= 4 is 11.8 Å². The Labute approximate surface area is 69.2 Å². The Kier molecular flexibility index (Phi) is 2.32. The Bertz CT molecular complexity index is 292. The van der Waals surface area contributed by atoms with Crippen molar-refractivity contribution in [1.82, 2.24) is 4.98 Å². The zero-order valence-corrected chi connectivity index (χ0v) is 6.36. The van der Waals surface area contributed by atoms with Crippen LogP contribution in [0.15, 0.2) is 28.5 Å². The standard InChI is InChI=1S/C6H10N6/c7-5(11-12-6(8)9)4-2-1-3-10-4/h1-3,10H,(H2,7,11)(H4,8,9,12). The van der Waals surface area contributed by atoms with Crippen LogP contribution in [0, 0.1) is 0 Å². The van der Waals surface area contributed by atoms with Crippen molar-refractivity contribution in [3.63, 3.8) is 0 Å². The van der Waals surface area contributed by atoms with E-state index in [-0.39, 0.29) is 11.8 Å². The van der Waals surface area contributed by atoms with Crippen LogP contribution in [0.1, 0.15) is 5.69 Å². The van der Waals surface area contributed by atoms with Crippen molar-refractivity contribution in [2.24, 2.45) is 27.4 Å². The number of nitrogens with two attached hydrogens (primary N) is 3. The maximum absolute atomic E-state index is 5.49. The molecule has 0 unspecified atom stereocenters. The SMILES string of the molecule is NC(N)=N/N=C(\N)c1ccc[nH]1. The minimum atomic E-state index is -0.121. The molecule has 1 rings (SSSR count). The highest BCUT2D eigenvalue weighted by molar-refractivity contribution is 5.96. The van der Waals surface area contributed by atoms with Crippen LogP contribution in [0.5, 0.6) is 0 Å². The van der Waals surface area contributed by atoms with Crippen molar-refractivity contribution in [2.75, 3.05) is 0 Å². The molecule has 6 heteroatoms. The van der Waals surface area contributed by atoms with Crippen molar-refractivity contribution in [1.29, 1.82) is 0 Å². The van der Waals surface area contributed by atoms with Crippen LogP contribution >= 0.6 is 0 Å². The maximum Gasteiger partial charge on any atom is 0.211 e. The summed E-state index contributed by atoms with van der Waals surface area (Å²) in [5.74, 6) is 0.123. The number of H-pyrrole nitrogens is 1. The lowest BCUT2D eigenvalue weighted by atomic mass is 10.4. The van der Waals surface area contributed by atoms with Crippen molar-refractivity contribution in [3.05, 3.63) is 24.0 Å². The fourth-order valence-corrected chi connectivity index (χ4v) is 0.655. The van der Waals surface area contributed by atoms with Gasteiger partial charge in [-0.3, -0.25) is 0 Å². The van der Waals surface area contributed by atoms with E-state index in [1.54, 1.807) is 18.3 Å². The summed E-state index contributed by atoms with van der Waals surface area (Å²) in [7, 11) is 0. The topological polar surface area (TPSA) is 119 Å². The van der Waals surface area contributed by atoms with Gasteiger partial charge in [0.25, 0.3) is 0 Å². The number of nitrogens with one attached hydrogen (secondary N) is 1. The average molecular weight is 166 g/mol. The minimum Gasteiger partial charge on any atom is -0.380 e. The Hall–Kier alpha value is -1.98. The predicted octanol–water partition coefficient (Wildman–Crippen LogP) is -1.09. The van der Waals surface area contributed by atoms with Crippen LogP contribution in [-0.2, 0) is 0 Å². The number of guanidine groups is 1. The van der Waals surface area contributed by atoms with E-state index in [1.807, 2.05) is 0 Å². The quantitative estimate of drug-likeness (QED) is 0.254. The molecule has 0 aliphatic carbocycles. The van der Waals surface area contributed by atoms with Crippen LogP contribution in [0.4, 0.5) is 0 Å². The third-order valence-electron chi connectivity index (χ3n) is 1.15. The van der Waals surface area contributed by atoms with Gasteiger partial charge in [0.15, 0.2) is 5.84 Å². The number of rotatable bonds is 2. The van der Waals surface area contributed by atoms with Crippen LogP contribution < -0.4 is 17.2 Å². The summed E-state index contributed by atoms with van der Waals surface area (Å²) in [6.07, 6.45) is 1.73. The third-order valence-corrected chi connectivity index (χ3v) is 1.15. The molecule has 1 aromatic heterocycles. The molecule has 0 saturated heterocycles. The van der Waals surface area contributed by atoms with Crippen LogP contribution in [0.2, 0.25) is 0 Å². The molecular formula is C6H10N6. The first-order valence-corrected chi connectivity index (χ1v) is 3.26. The molecule has 0 atom stereocenters. The van der Waals surface area contributed by atoms with Crippen molar-refractivity contribution in [2.45, 2.75) is 0 Å². The first-order chi connectivity index (χ1) is 5.70. The van der Waals surface area contributed by atoms with Crippen LogP contribution in [0.3, 0.4) is 0 Å². The Morgan fingerprint density at radius 3 is 2.50 bits per heavy atom. The number of aromatic nitrogens is 1. The molecule has 0 aliphatic rings. The summed E-state index contributed by atoms with van der Waals surface area (Å²) < 4.78 is 0. The second-order valence-electron chi connectivity index (χ2n) is 2.09. The molecule has 1 heterocycles. The van der Waals surface area contributed by atoms with Gasteiger partial charge in [0.05, 0.1) is 5.69 Å². The lowest BCUT2D eigenvalue weighted by Crippen LogP contribution is -2.23. The monoisotopic (exact) mass is 166 g/mol. The van der Waals surface area contributed by atoms with E-state index in [2.05, 4.69) is 15.2 Å². The number of nitrogens with zero attached hydrogens (tertiary/aromatic N) is 2. The van der Waals surface area contributed by atoms with E-state index in [1.165, 1.54) is 0 Å². The van der Waals surface area contributed by atoms with E-state index in [9.17, 15) is 0 Å². The van der Waals surface area contributed by atoms with Gasteiger partial charge < -0.3 is 22.2 Å². The van der Waals surface area contributed by atoms with Crippen LogP contribution in [0.25, 0.3) is 0 Å². The number of hydrogen-bond donors (Lipinski definition) is 4. The van der Waals surface area contributed by atoms with Gasteiger partial charge in [-0.1, -0.05) is 0 Å². The zero-order valence-electron chi connectivity index (χ0n) is 6.36. The highest BCUT2D eigenvalue weighted by Crippen LogP contribution is 1.93. The molecule has 1 aromatic rings. The van der Waals surface area contributed by atoms with Gasteiger partial charge in [0, 0.05) is 6.20 Å². The average Bonchev–Trinajstić information content (AvgIpc) is 2.51. The first-order valence-electron chi connectivity index (χ1n) is 3.26. The lowest BCUT2D eigenvalue weighted by molar-refractivity contribution is 1.18. The number of hydrogen-bond acceptors (Lipinski definition) is 2. The number of amidine groups is 1. The van der Waals surface area contributed by atoms with Gasteiger partial charge in [-0.25, -0.2) is 0 Å². The maximum atomic E-state index is 5.49. The Morgan fingerprint density at radius 2 is 2.00 bits per heavy atom. The van der Waals surface area contributed by atoms with Gasteiger partial charge in [-0.05, 0) is 12.1 Å².